The number of hydrogen-bond donors (Lipinski definition) is 2. The van der Waals surface area contributed by atoms with Gasteiger partial charge >= 0.3 is 0 Å². The van der Waals surface area contributed by atoms with Crippen molar-refractivity contribution in [1.29, 1.82) is 0 Å². The molecule has 29 heavy (non-hydrogen) atoms. The van der Waals surface area contributed by atoms with Gasteiger partial charge in [-0.2, -0.15) is 0 Å². The van der Waals surface area contributed by atoms with Gasteiger partial charge in [0.2, 0.25) is 0 Å². The summed E-state index contributed by atoms with van der Waals surface area (Å²) >= 11 is 0. The number of aryl methyl sites for hydroxylation is 1. The lowest BCUT2D eigenvalue weighted by Gasteiger charge is -2.36. The predicted octanol–water partition coefficient (Wildman–Crippen LogP) is 1.21. The summed E-state index contributed by atoms with van der Waals surface area (Å²) in [7, 11) is 1.77. The van der Waals surface area contributed by atoms with Gasteiger partial charge in [0, 0.05) is 52.4 Å². The molecule has 0 radical (unpaired) electrons. The fourth-order valence-corrected chi connectivity index (χ4v) is 3.51. The quantitative estimate of drug-likeness (QED) is 0.533. The molecular weight excluding hydrogens is 368 g/mol. The average Bonchev–Trinajstić information content (AvgIpc) is 3.17. The summed E-state index contributed by atoms with van der Waals surface area (Å²) < 4.78 is 7.85. The normalized spacial score (nSPS) is 20.0. The SMILES string of the molecule is CCc1nncn1CCNC(=NC)NCc1ccc(N2CC(C)OC(C)C2)nc1. The summed E-state index contributed by atoms with van der Waals surface area (Å²) in [6, 6.07) is 4.19. The molecule has 1 fully saturated rings. The fraction of sp³-hybridized carbons (Fsp3) is 0.600. The van der Waals surface area contributed by atoms with E-state index in [2.05, 4.69) is 73.2 Å². The second-order valence-electron chi connectivity index (χ2n) is 7.33. The first-order chi connectivity index (χ1) is 14.1. The number of hydrogen-bond acceptors (Lipinski definition) is 6. The van der Waals surface area contributed by atoms with Gasteiger partial charge in [0.1, 0.15) is 18.0 Å². The van der Waals surface area contributed by atoms with Gasteiger partial charge in [0.05, 0.1) is 12.2 Å². The minimum absolute atomic E-state index is 0.225. The third kappa shape index (κ3) is 5.90. The van der Waals surface area contributed by atoms with E-state index in [1.54, 1.807) is 13.4 Å². The van der Waals surface area contributed by atoms with E-state index in [-0.39, 0.29) is 12.2 Å². The van der Waals surface area contributed by atoms with Crippen LogP contribution in [0.25, 0.3) is 0 Å². The Labute approximate surface area is 172 Å². The van der Waals surface area contributed by atoms with Gasteiger partial charge in [-0.3, -0.25) is 4.99 Å². The van der Waals surface area contributed by atoms with Gasteiger partial charge in [0.25, 0.3) is 0 Å². The fourth-order valence-electron chi connectivity index (χ4n) is 3.51. The molecule has 2 N–H and O–H groups in total. The molecule has 2 aromatic rings. The molecule has 0 saturated carbocycles. The second kappa shape index (κ2) is 10.2. The standard InChI is InChI=1S/C20H32N8O/c1-5-18-26-25-14-27(18)9-8-22-20(21-4)24-11-17-6-7-19(23-10-17)28-12-15(2)29-16(3)13-28/h6-7,10,14-16H,5,8-9,11-13H2,1-4H3,(H2,21,22,24). The molecule has 2 unspecified atom stereocenters. The van der Waals surface area contributed by atoms with Crippen molar-refractivity contribution in [2.45, 2.75) is 52.5 Å². The van der Waals surface area contributed by atoms with Crippen LogP contribution in [-0.4, -0.2) is 64.6 Å². The maximum atomic E-state index is 5.80. The molecule has 0 spiro atoms. The first-order valence-corrected chi connectivity index (χ1v) is 10.3. The van der Waals surface area contributed by atoms with Gasteiger partial charge in [-0.25, -0.2) is 4.98 Å². The van der Waals surface area contributed by atoms with E-state index in [0.29, 0.717) is 6.54 Å². The largest absolute Gasteiger partial charge is 0.372 e. The molecule has 0 aliphatic carbocycles. The van der Waals surface area contributed by atoms with E-state index in [4.69, 9.17) is 4.74 Å². The summed E-state index contributed by atoms with van der Waals surface area (Å²) in [6.45, 7) is 10.2. The average molecular weight is 401 g/mol. The van der Waals surface area contributed by atoms with Crippen molar-refractivity contribution < 1.29 is 4.74 Å². The zero-order valence-corrected chi connectivity index (χ0v) is 17.8. The number of anilines is 1. The monoisotopic (exact) mass is 400 g/mol. The van der Waals surface area contributed by atoms with Gasteiger partial charge in [-0.05, 0) is 25.5 Å². The lowest BCUT2D eigenvalue weighted by molar-refractivity contribution is -0.00545. The van der Waals surface area contributed by atoms with E-state index in [1.165, 1.54) is 0 Å². The smallest absolute Gasteiger partial charge is 0.191 e. The Hall–Kier alpha value is -2.68. The minimum Gasteiger partial charge on any atom is -0.372 e. The van der Waals surface area contributed by atoms with Crippen LogP contribution in [0.15, 0.2) is 29.6 Å². The van der Waals surface area contributed by atoms with E-state index >= 15 is 0 Å². The van der Waals surface area contributed by atoms with Crippen LogP contribution < -0.4 is 15.5 Å². The van der Waals surface area contributed by atoms with Gasteiger partial charge in [0.15, 0.2) is 5.96 Å². The summed E-state index contributed by atoms with van der Waals surface area (Å²) in [5, 5.41) is 14.7. The van der Waals surface area contributed by atoms with Crippen molar-refractivity contribution in [3.8, 4) is 0 Å². The van der Waals surface area contributed by atoms with Crippen molar-refractivity contribution in [2.24, 2.45) is 4.99 Å². The van der Waals surface area contributed by atoms with Gasteiger partial charge in [-0.15, -0.1) is 10.2 Å². The highest BCUT2D eigenvalue weighted by atomic mass is 16.5. The molecular formula is C20H32N8O. The molecule has 3 heterocycles. The molecule has 1 saturated heterocycles. The van der Waals surface area contributed by atoms with Crippen LogP contribution in [0.2, 0.25) is 0 Å². The number of rotatable bonds is 7. The Kier molecular flexibility index (Phi) is 7.40. The lowest BCUT2D eigenvalue weighted by Crippen LogP contribution is -2.45. The lowest BCUT2D eigenvalue weighted by atomic mass is 10.2. The third-order valence-corrected chi connectivity index (χ3v) is 4.89. The maximum Gasteiger partial charge on any atom is 0.191 e. The Morgan fingerprint density at radius 1 is 1.24 bits per heavy atom. The maximum absolute atomic E-state index is 5.80. The highest BCUT2D eigenvalue weighted by molar-refractivity contribution is 5.79. The minimum atomic E-state index is 0.225. The van der Waals surface area contributed by atoms with E-state index < -0.39 is 0 Å². The second-order valence-corrected chi connectivity index (χ2v) is 7.33. The van der Waals surface area contributed by atoms with Crippen molar-refractivity contribution >= 4 is 11.8 Å². The Balaban J connectivity index is 1.45. The van der Waals surface area contributed by atoms with Crippen LogP contribution >= 0.6 is 0 Å². The highest BCUT2D eigenvalue weighted by Gasteiger charge is 2.22. The molecule has 9 heteroatoms. The summed E-state index contributed by atoms with van der Waals surface area (Å²) in [5.74, 6) is 2.75. The molecule has 0 aromatic carbocycles. The van der Waals surface area contributed by atoms with Crippen LogP contribution in [0.5, 0.6) is 0 Å². The van der Waals surface area contributed by atoms with Crippen LogP contribution in [0.4, 0.5) is 5.82 Å². The van der Waals surface area contributed by atoms with E-state index in [9.17, 15) is 0 Å². The zero-order chi connectivity index (χ0) is 20.6. The summed E-state index contributed by atoms with van der Waals surface area (Å²) in [4.78, 5) is 11.2. The number of ether oxygens (including phenoxy) is 1. The molecule has 1 aliphatic heterocycles. The molecule has 0 bridgehead atoms. The third-order valence-electron chi connectivity index (χ3n) is 4.89. The summed E-state index contributed by atoms with van der Waals surface area (Å²) in [5.41, 5.74) is 1.11. The van der Waals surface area contributed by atoms with Crippen molar-refractivity contribution in [1.82, 2.24) is 30.4 Å². The Morgan fingerprint density at radius 3 is 2.69 bits per heavy atom. The number of pyridine rings is 1. The molecule has 1 aliphatic rings. The van der Waals surface area contributed by atoms with E-state index in [1.807, 2.05) is 6.20 Å². The summed E-state index contributed by atoms with van der Waals surface area (Å²) in [6.07, 6.45) is 5.01. The molecule has 158 valence electrons. The first kappa shape index (κ1) is 21.0. The molecule has 3 rings (SSSR count). The van der Waals surface area contributed by atoms with Gasteiger partial charge < -0.3 is 24.8 Å². The first-order valence-electron chi connectivity index (χ1n) is 10.3. The van der Waals surface area contributed by atoms with Crippen LogP contribution in [0.1, 0.15) is 32.2 Å². The van der Waals surface area contributed by atoms with Crippen LogP contribution in [-0.2, 0) is 24.2 Å². The number of aliphatic imine (C=N–C) groups is 1. The number of guanidine groups is 1. The van der Waals surface area contributed by atoms with Crippen molar-refractivity contribution in [3.05, 3.63) is 36.0 Å². The van der Waals surface area contributed by atoms with Crippen molar-refractivity contribution in [2.75, 3.05) is 31.6 Å². The zero-order valence-electron chi connectivity index (χ0n) is 17.8. The van der Waals surface area contributed by atoms with Crippen LogP contribution in [0, 0.1) is 0 Å². The van der Waals surface area contributed by atoms with E-state index in [0.717, 1.165) is 55.8 Å². The van der Waals surface area contributed by atoms with Gasteiger partial charge in [-0.1, -0.05) is 13.0 Å². The molecule has 2 aromatic heterocycles. The number of morpholine rings is 1. The topological polar surface area (TPSA) is 92.5 Å². The molecule has 2 atom stereocenters. The highest BCUT2D eigenvalue weighted by Crippen LogP contribution is 2.18. The number of nitrogens with zero attached hydrogens (tertiary/aromatic N) is 6. The van der Waals surface area contributed by atoms with Crippen molar-refractivity contribution in [3.63, 3.8) is 0 Å². The molecule has 0 amide bonds. The Morgan fingerprint density at radius 2 is 2.03 bits per heavy atom. The number of nitrogens with one attached hydrogen (secondary N) is 2. The predicted molar refractivity (Wildman–Crippen MR) is 114 cm³/mol. The Bertz CT molecular complexity index is 778. The number of aromatic nitrogens is 4. The van der Waals surface area contributed by atoms with Crippen LogP contribution in [0.3, 0.4) is 0 Å². The molecule has 9 nitrogen and oxygen atoms in total.